The molecule has 9 heteroatoms. The first kappa shape index (κ1) is 36.9. The van der Waals surface area contributed by atoms with Crippen molar-refractivity contribution in [3.8, 4) is 0 Å². The van der Waals surface area contributed by atoms with Crippen LogP contribution in [-0.4, -0.2) is 49.4 Å². The van der Waals surface area contributed by atoms with Crippen LogP contribution in [0.2, 0.25) is 0 Å². The molecular formula is C27H52F2IN3O3. The predicted molar refractivity (Wildman–Crippen MR) is 159 cm³/mol. The summed E-state index contributed by atoms with van der Waals surface area (Å²) in [7, 11) is 1.71. The van der Waals surface area contributed by atoms with Gasteiger partial charge in [0.05, 0.1) is 31.5 Å². The van der Waals surface area contributed by atoms with Gasteiger partial charge in [0.2, 0.25) is 5.91 Å². The van der Waals surface area contributed by atoms with Crippen LogP contribution in [0.25, 0.3) is 0 Å². The predicted octanol–water partition coefficient (Wildman–Crippen LogP) is 6.48. The van der Waals surface area contributed by atoms with Crippen molar-refractivity contribution >= 4 is 35.6 Å². The van der Waals surface area contributed by atoms with E-state index < -0.39 is 17.2 Å². The first-order valence-electron chi connectivity index (χ1n) is 12.2. The van der Waals surface area contributed by atoms with E-state index in [4.69, 9.17) is 20.9 Å². The van der Waals surface area contributed by atoms with Crippen molar-refractivity contribution in [2.75, 3.05) is 32.7 Å². The van der Waals surface area contributed by atoms with E-state index in [0.717, 1.165) is 18.6 Å². The molecule has 0 spiro atoms. The molecule has 1 aliphatic heterocycles. The third kappa shape index (κ3) is 11.0. The van der Waals surface area contributed by atoms with Crippen LogP contribution in [0, 0.1) is 28.9 Å². The maximum atomic E-state index is 13.0. The number of likely N-dealkylation sites (tertiary alicyclic amines) is 1. The lowest BCUT2D eigenvalue weighted by Crippen LogP contribution is -2.46. The van der Waals surface area contributed by atoms with Gasteiger partial charge in [0.25, 0.3) is 0 Å². The summed E-state index contributed by atoms with van der Waals surface area (Å²) >= 11 is 0. The lowest BCUT2D eigenvalue weighted by Gasteiger charge is -2.35. The molecular weight excluding hydrogens is 579 g/mol. The summed E-state index contributed by atoms with van der Waals surface area (Å²) in [6.07, 6.45) is 3.88. The van der Waals surface area contributed by atoms with Crippen molar-refractivity contribution < 1.29 is 25.9 Å². The molecule has 1 aliphatic rings. The zero-order chi connectivity index (χ0) is 27.4. The number of amides is 1. The summed E-state index contributed by atoms with van der Waals surface area (Å²) in [5.74, 6) is -1.55. The standard InChI is InChI=1S/C18H34N2O3.C6H5F2N.C3H8.HI.2H2/c1-8-13(2)18(22-7)9-15(10-23-12-19)20(11-18)16(21)14(3)17(4,5)6;7-5-2-1-4(9)3-6(5)8;1-3-2;;;/h8,13-15H,1,9-12,19H2,2-7H3;1-3H,9H2;3H2,1-2H3;3*1H/t13?,14-,15-,18-;;;;;/m0...../s1. The van der Waals surface area contributed by atoms with Gasteiger partial charge >= 0.3 is 0 Å². The minimum Gasteiger partial charge on any atom is -0.399 e. The maximum Gasteiger partial charge on any atom is 0.226 e. The summed E-state index contributed by atoms with van der Waals surface area (Å²) in [6, 6.07) is 3.22. The highest BCUT2D eigenvalue weighted by molar-refractivity contribution is 14.0. The Morgan fingerprint density at radius 1 is 1.31 bits per heavy atom. The number of hydrogen-bond acceptors (Lipinski definition) is 5. The van der Waals surface area contributed by atoms with Crippen LogP contribution in [0.5, 0.6) is 0 Å². The summed E-state index contributed by atoms with van der Waals surface area (Å²) in [5.41, 5.74) is 10.3. The highest BCUT2D eigenvalue weighted by atomic mass is 127. The van der Waals surface area contributed by atoms with Crippen LogP contribution in [0.3, 0.4) is 0 Å². The molecule has 2 rings (SSSR count). The molecule has 4 atom stereocenters. The zero-order valence-corrected chi connectivity index (χ0v) is 25.6. The SMILES string of the molecule is C=CC(C)[C@]1(OC)C[C@@H](COCN)N(C(=O)[C@H](C)C(C)(C)C)C1.CCC.I.Nc1ccc(F)c(F)c1.[HH].[HH]. The summed E-state index contributed by atoms with van der Waals surface area (Å²) in [5, 5.41) is 0. The number of anilines is 1. The Kier molecular flexibility index (Phi) is 17.7. The quantitative estimate of drug-likeness (QED) is 0.156. The van der Waals surface area contributed by atoms with Gasteiger partial charge in [0.15, 0.2) is 11.6 Å². The highest BCUT2D eigenvalue weighted by Gasteiger charge is 2.50. The fraction of sp³-hybridized carbons (Fsp3) is 0.667. The lowest BCUT2D eigenvalue weighted by atomic mass is 9.81. The number of carbonyl (C=O) groups is 1. The van der Waals surface area contributed by atoms with E-state index >= 15 is 0 Å². The van der Waals surface area contributed by atoms with E-state index in [9.17, 15) is 13.6 Å². The topological polar surface area (TPSA) is 90.8 Å². The minimum absolute atomic E-state index is 0. The lowest BCUT2D eigenvalue weighted by molar-refractivity contribution is -0.141. The summed E-state index contributed by atoms with van der Waals surface area (Å²) in [6.45, 7) is 19.7. The number of methoxy groups -OCH3 is 1. The van der Waals surface area contributed by atoms with Crippen molar-refractivity contribution in [2.45, 2.75) is 73.0 Å². The smallest absolute Gasteiger partial charge is 0.226 e. The van der Waals surface area contributed by atoms with Gasteiger partial charge < -0.3 is 25.8 Å². The molecule has 0 aromatic heterocycles. The van der Waals surface area contributed by atoms with Gasteiger partial charge in [-0.25, -0.2) is 8.78 Å². The molecule has 1 heterocycles. The summed E-state index contributed by atoms with van der Waals surface area (Å²) < 4.78 is 35.5. The van der Waals surface area contributed by atoms with Crippen LogP contribution < -0.4 is 11.5 Å². The third-order valence-corrected chi connectivity index (χ3v) is 6.37. The van der Waals surface area contributed by atoms with Crippen LogP contribution in [0.15, 0.2) is 30.9 Å². The van der Waals surface area contributed by atoms with Gasteiger partial charge in [-0.05, 0) is 23.6 Å². The van der Waals surface area contributed by atoms with Crippen LogP contribution in [0.4, 0.5) is 14.5 Å². The zero-order valence-electron chi connectivity index (χ0n) is 23.3. The minimum atomic E-state index is -0.907. The number of nitrogens with two attached hydrogens (primary N) is 2. The average Bonchev–Trinajstić information content (AvgIpc) is 3.19. The second-order valence-electron chi connectivity index (χ2n) is 10.1. The molecule has 6 nitrogen and oxygen atoms in total. The Morgan fingerprint density at radius 3 is 2.25 bits per heavy atom. The number of carbonyl (C=O) groups excluding carboxylic acids is 1. The molecule has 0 saturated carbocycles. The monoisotopic (exact) mass is 631 g/mol. The van der Waals surface area contributed by atoms with Crippen LogP contribution in [-0.2, 0) is 14.3 Å². The van der Waals surface area contributed by atoms with Gasteiger partial charge in [0, 0.05) is 33.9 Å². The third-order valence-electron chi connectivity index (χ3n) is 6.37. The molecule has 0 radical (unpaired) electrons. The average molecular weight is 632 g/mol. The van der Waals surface area contributed by atoms with Crippen LogP contribution in [0.1, 0.15) is 64.2 Å². The number of benzene rings is 1. The van der Waals surface area contributed by atoms with Gasteiger partial charge in [-0.2, -0.15) is 0 Å². The molecule has 1 amide bonds. The molecule has 1 unspecified atom stereocenters. The molecule has 36 heavy (non-hydrogen) atoms. The molecule has 1 aromatic rings. The van der Waals surface area contributed by atoms with E-state index in [1.807, 2.05) is 17.9 Å². The Morgan fingerprint density at radius 2 is 1.86 bits per heavy atom. The Labute approximate surface area is 237 Å². The van der Waals surface area contributed by atoms with Gasteiger partial charge in [-0.15, -0.1) is 30.6 Å². The Bertz CT molecular complexity index is 803. The van der Waals surface area contributed by atoms with E-state index in [2.05, 4.69) is 48.1 Å². The maximum absolute atomic E-state index is 13.0. The first-order valence-corrected chi connectivity index (χ1v) is 12.2. The van der Waals surface area contributed by atoms with Crippen molar-refractivity contribution in [2.24, 2.45) is 23.0 Å². The molecule has 0 aliphatic carbocycles. The van der Waals surface area contributed by atoms with Crippen molar-refractivity contribution in [1.82, 2.24) is 4.90 Å². The van der Waals surface area contributed by atoms with E-state index in [1.54, 1.807) is 7.11 Å². The Hall–Kier alpha value is -1.30. The van der Waals surface area contributed by atoms with Crippen molar-refractivity contribution in [3.05, 3.63) is 42.5 Å². The second kappa shape index (κ2) is 17.3. The summed E-state index contributed by atoms with van der Waals surface area (Å²) in [4.78, 5) is 15.0. The molecule has 0 bridgehead atoms. The number of nitrogen functional groups attached to an aromatic ring is 1. The second-order valence-corrected chi connectivity index (χ2v) is 10.1. The number of ether oxygens (including phenoxy) is 2. The molecule has 1 aromatic carbocycles. The van der Waals surface area contributed by atoms with Gasteiger partial charge in [-0.1, -0.05) is 61.0 Å². The van der Waals surface area contributed by atoms with E-state index in [-0.39, 0.29) is 68.4 Å². The molecule has 1 fully saturated rings. The Balaban J connectivity index is -0.000000323. The number of rotatable bonds is 7. The molecule has 1 saturated heterocycles. The fourth-order valence-corrected chi connectivity index (χ4v) is 3.61. The first-order chi connectivity index (χ1) is 16.2. The normalized spacial score (nSPS) is 20.6. The molecule has 214 valence electrons. The van der Waals surface area contributed by atoms with Crippen LogP contribution >= 0.6 is 24.0 Å². The number of halogens is 3. The van der Waals surface area contributed by atoms with Crippen molar-refractivity contribution in [3.63, 3.8) is 0 Å². The number of nitrogens with zero attached hydrogens (tertiary/aromatic N) is 1. The fourth-order valence-electron chi connectivity index (χ4n) is 3.61. The molecule has 4 N–H and O–H groups in total. The highest BCUT2D eigenvalue weighted by Crippen LogP contribution is 2.39. The van der Waals surface area contributed by atoms with Gasteiger partial charge in [0.1, 0.15) is 0 Å². The largest absolute Gasteiger partial charge is 0.399 e. The van der Waals surface area contributed by atoms with Crippen molar-refractivity contribution in [1.29, 1.82) is 0 Å². The number of hydrogen-bond donors (Lipinski definition) is 2. The van der Waals surface area contributed by atoms with E-state index in [1.165, 1.54) is 12.5 Å². The van der Waals surface area contributed by atoms with Gasteiger partial charge in [-0.3, -0.25) is 4.79 Å². The van der Waals surface area contributed by atoms with E-state index in [0.29, 0.717) is 13.2 Å².